The molecule has 0 bridgehead atoms. The topological polar surface area (TPSA) is 115 Å². The molecule has 0 aliphatic rings. The number of aromatic nitrogens is 1. The van der Waals surface area contributed by atoms with Crippen molar-refractivity contribution in [3.05, 3.63) is 67.0 Å². The van der Waals surface area contributed by atoms with Gasteiger partial charge < -0.3 is 4.98 Å². The lowest BCUT2D eigenvalue weighted by Crippen LogP contribution is -2.41. The number of pyridine rings is 1. The van der Waals surface area contributed by atoms with Crippen molar-refractivity contribution in [1.29, 1.82) is 5.26 Å². The SMILES string of the molecule is Cc1[nH]c(=O)c(C#N)c(C)c1CCC(=O)NNC(=O)c1ccc(Br)cc1. The molecular weight excluding hydrogens is 400 g/mol. The van der Waals surface area contributed by atoms with E-state index < -0.39 is 11.5 Å². The fourth-order valence-corrected chi connectivity index (χ4v) is 2.79. The van der Waals surface area contributed by atoms with E-state index in [2.05, 4.69) is 31.8 Å². The fourth-order valence-electron chi connectivity index (χ4n) is 2.52. The number of nitrogens with zero attached hydrogens (tertiary/aromatic N) is 1. The van der Waals surface area contributed by atoms with Crippen LogP contribution in [-0.2, 0) is 11.2 Å². The fraction of sp³-hybridized carbons (Fsp3) is 0.222. The zero-order valence-corrected chi connectivity index (χ0v) is 15.9. The van der Waals surface area contributed by atoms with Crippen LogP contribution in [0.4, 0.5) is 0 Å². The summed E-state index contributed by atoms with van der Waals surface area (Å²) >= 11 is 3.28. The van der Waals surface area contributed by atoms with E-state index in [-0.39, 0.29) is 17.9 Å². The number of carbonyl (C=O) groups excluding carboxylic acids is 2. The third-order valence-electron chi connectivity index (χ3n) is 3.94. The van der Waals surface area contributed by atoms with Gasteiger partial charge in [-0.3, -0.25) is 25.2 Å². The van der Waals surface area contributed by atoms with Crippen molar-refractivity contribution in [2.24, 2.45) is 0 Å². The molecule has 1 aromatic carbocycles. The van der Waals surface area contributed by atoms with E-state index in [9.17, 15) is 14.4 Å². The molecule has 0 fully saturated rings. The number of hydrogen-bond donors (Lipinski definition) is 3. The smallest absolute Gasteiger partial charge is 0.269 e. The van der Waals surface area contributed by atoms with Crippen LogP contribution >= 0.6 is 15.9 Å². The number of halogens is 1. The maximum absolute atomic E-state index is 12.0. The Morgan fingerprint density at radius 2 is 1.85 bits per heavy atom. The van der Waals surface area contributed by atoms with Crippen LogP contribution in [0.25, 0.3) is 0 Å². The van der Waals surface area contributed by atoms with Crippen molar-refractivity contribution in [2.45, 2.75) is 26.7 Å². The third kappa shape index (κ3) is 4.58. The Hall–Kier alpha value is -2.92. The summed E-state index contributed by atoms with van der Waals surface area (Å²) in [6, 6.07) is 8.59. The van der Waals surface area contributed by atoms with Crippen LogP contribution in [0.2, 0.25) is 0 Å². The van der Waals surface area contributed by atoms with E-state index in [1.807, 2.05) is 6.07 Å². The minimum absolute atomic E-state index is 0.0505. The standard InChI is InChI=1S/C18H17BrN4O3/c1-10-14(11(2)21-18(26)15(10)9-20)7-8-16(24)22-23-17(25)12-3-5-13(19)6-4-12/h3-6H,7-8H2,1-2H3,(H,21,26)(H,22,24)(H,23,25). The predicted molar refractivity (Wildman–Crippen MR) is 99.3 cm³/mol. The lowest BCUT2D eigenvalue weighted by molar-refractivity contribution is -0.121. The Bertz CT molecular complexity index is 943. The summed E-state index contributed by atoms with van der Waals surface area (Å²) in [5.74, 6) is -0.798. The zero-order valence-electron chi connectivity index (χ0n) is 14.3. The number of hydrazine groups is 1. The molecule has 3 N–H and O–H groups in total. The zero-order chi connectivity index (χ0) is 19.3. The summed E-state index contributed by atoms with van der Waals surface area (Å²) in [6.45, 7) is 3.40. The molecule has 0 atom stereocenters. The molecule has 0 radical (unpaired) electrons. The molecule has 0 aliphatic carbocycles. The van der Waals surface area contributed by atoms with Crippen LogP contribution in [0.3, 0.4) is 0 Å². The Morgan fingerprint density at radius 1 is 1.19 bits per heavy atom. The number of amides is 2. The van der Waals surface area contributed by atoms with Crippen molar-refractivity contribution >= 4 is 27.7 Å². The number of rotatable bonds is 4. The highest BCUT2D eigenvalue weighted by molar-refractivity contribution is 9.10. The monoisotopic (exact) mass is 416 g/mol. The summed E-state index contributed by atoms with van der Waals surface area (Å²) in [6.07, 6.45) is 0.433. The first-order valence-electron chi connectivity index (χ1n) is 7.80. The molecule has 0 spiro atoms. The number of hydrogen-bond acceptors (Lipinski definition) is 4. The summed E-state index contributed by atoms with van der Waals surface area (Å²) in [5.41, 5.74) is 6.68. The van der Waals surface area contributed by atoms with Gasteiger partial charge in [0.15, 0.2) is 0 Å². The number of nitrogens with one attached hydrogen (secondary N) is 3. The second kappa shape index (κ2) is 8.45. The summed E-state index contributed by atoms with van der Waals surface area (Å²) in [4.78, 5) is 38.3. The molecule has 2 rings (SSSR count). The molecule has 1 aromatic heterocycles. The molecule has 0 aliphatic heterocycles. The minimum atomic E-state index is -0.433. The van der Waals surface area contributed by atoms with Gasteiger partial charge in [0.05, 0.1) is 0 Å². The van der Waals surface area contributed by atoms with Gasteiger partial charge in [-0.1, -0.05) is 15.9 Å². The molecule has 1 heterocycles. The maximum Gasteiger partial charge on any atom is 0.269 e. The minimum Gasteiger partial charge on any atom is -0.325 e. The normalized spacial score (nSPS) is 10.1. The molecule has 26 heavy (non-hydrogen) atoms. The molecule has 8 heteroatoms. The van der Waals surface area contributed by atoms with Gasteiger partial charge in [-0.2, -0.15) is 5.26 Å². The van der Waals surface area contributed by atoms with Crippen molar-refractivity contribution in [3.8, 4) is 6.07 Å². The first kappa shape index (κ1) is 19.4. The molecule has 0 saturated heterocycles. The molecule has 0 saturated carbocycles. The van der Waals surface area contributed by atoms with E-state index >= 15 is 0 Å². The number of H-pyrrole nitrogens is 1. The molecule has 2 aromatic rings. The lowest BCUT2D eigenvalue weighted by atomic mass is 9.99. The van der Waals surface area contributed by atoms with E-state index in [4.69, 9.17) is 5.26 Å². The van der Waals surface area contributed by atoms with Crippen LogP contribution in [0, 0.1) is 25.2 Å². The number of nitriles is 1. The highest BCUT2D eigenvalue weighted by atomic mass is 79.9. The Balaban J connectivity index is 1.95. The van der Waals surface area contributed by atoms with Gasteiger partial charge in [0.1, 0.15) is 11.6 Å². The molecule has 0 unspecified atom stereocenters. The Kier molecular flexibility index (Phi) is 6.31. The van der Waals surface area contributed by atoms with Gasteiger partial charge in [-0.25, -0.2) is 0 Å². The summed E-state index contributed by atoms with van der Waals surface area (Å²) < 4.78 is 0.849. The largest absolute Gasteiger partial charge is 0.325 e. The van der Waals surface area contributed by atoms with Crippen molar-refractivity contribution in [3.63, 3.8) is 0 Å². The van der Waals surface area contributed by atoms with Crippen LogP contribution in [0.1, 0.15) is 39.2 Å². The van der Waals surface area contributed by atoms with Gasteiger partial charge in [0.2, 0.25) is 5.91 Å². The third-order valence-corrected chi connectivity index (χ3v) is 4.47. The van der Waals surface area contributed by atoms with Crippen LogP contribution < -0.4 is 16.4 Å². The highest BCUT2D eigenvalue weighted by Crippen LogP contribution is 2.15. The van der Waals surface area contributed by atoms with Crippen molar-refractivity contribution in [2.75, 3.05) is 0 Å². The number of benzene rings is 1. The van der Waals surface area contributed by atoms with Gasteiger partial charge in [-0.05, 0) is 55.7 Å². The first-order valence-corrected chi connectivity index (χ1v) is 8.60. The van der Waals surface area contributed by atoms with E-state index in [1.54, 1.807) is 38.1 Å². The van der Waals surface area contributed by atoms with Crippen molar-refractivity contribution in [1.82, 2.24) is 15.8 Å². The second-order valence-electron chi connectivity index (χ2n) is 5.68. The van der Waals surface area contributed by atoms with Crippen LogP contribution in [0.15, 0.2) is 33.5 Å². The summed E-state index contributed by atoms with van der Waals surface area (Å²) in [7, 11) is 0. The summed E-state index contributed by atoms with van der Waals surface area (Å²) in [5, 5.41) is 9.06. The van der Waals surface area contributed by atoms with E-state index in [0.29, 0.717) is 23.2 Å². The van der Waals surface area contributed by atoms with Crippen molar-refractivity contribution < 1.29 is 9.59 Å². The van der Waals surface area contributed by atoms with E-state index in [0.717, 1.165) is 10.0 Å². The molecule has 7 nitrogen and oxygen atoms in total. The highest BCUT2D eigenvalue weighted by Gasteiger charge is 2.14. The quantitative estimate of drug-likeness (QED) is 0.661. The molecule has 134 valence electrons. The van der Waals surface area contributed by atoms with Crippen LogP contribution in [-0.4, -0.2) is 16.8 Å². The van der Waals surface area contributed by atoms with E-state index in [1.165, 1.54) is 0 Å². The average molecular weight is 417 g/mol. The molecular formula is C18H17BrN4O3. The van der Waals surface area contributed by atoms with Gasteiger partial charge in [-0.15, -0.1) is 0 Å². The number of carbonyl (C=O) groups is 2. The van der Waals surface area contributed by atoms with Crippen LogP contribution in [0.5, 0.6) is 0 Å². The Labute approximate surface area is 158 Å². The molecule has 2 amide bonds. The van der Waals surface area contributed by atoms with Gasteiger partial charge in [0.25, 0.3) is 11.5 Å². The number of aryl methyl sites for hydroxylation is 1. The van der Waals surface area contributed by atoms with Gasteiger partial charge in [0, 0.05) is 22.2 Å². The van der Waals surface area contributed by atoms with Gasteiger partial charge >= 0.3 is 0 Å². The second-order valence-corrected chi connectivity index (χ2v) is 6.59. The maximum atomic E-state index is 12.0. The lowest BCUT2D eigenvalue weighted by Gasteiger charge is -2.11. The first-order chi connectivity index (χ1) is 12.3. The number of aromatic amines is 1. The average Bonchev–Trinajstić information content (AvgIpc) is 2.60. The Morgan fingerprint density at radius 3 is 2.46 bits per heavy atom. The predicted octanol–water partition coefficient (Wildman–Crippen LogP) is 2.02.